The molecule has 0 saturated carbocycles. The van der Waals surface area contributed by atoms with E-state index in [0.29, 0.717) is 11.6 Å². The molecule has 21 heavy (non-hydrogen) atoms. The van der Waals surface area contributed by atoms with Gasteiger partial charge in [-0.05, 0) is 44.9 Å². The molecular formula is C16H22ClN3O. The molecule has 1 aromatic heterocycles. The van der Waals surface area contributed by atoms with Crippen molar-refractivity contribution < 1.29 is 4.74 Å². The number of aryl methyl sites for hydroxylation is 2. The molecule has 2 aromatic rings. The molecule has 0 aliphatic heterocycles. The summed E-state index contributed by atoms with van der Waals surface area (Å²) in [6.07, 6.45) is 0.801. The van der Waals surface area contributed by atoms with Crippen molar-refractivity contribution in [2.45, 2.75) is 39.3 Å². The van der Waals surface area contributed by atoms with Gasteiger partial charge in [-0.15, -0.1) is 0 Å². The van der Waals surface area contributed by atoms with Crippen LogP contribution in [0.2, 0.25) is 5.15 Å². The highest BCUT2D eigenvalue weighted by Gasteiger charge is 2.16. The Kier molecular flexibility index (Phi) is 4.91. The van der Waals surface area contributed by atoms with Gasteiger partial charge >= 0.3 is 0 Å². The zero-order valence-electron chi connectivity index (χ0n) is 12.9. The molecule has 1 aromatic carbocycles. The molecule has 0 spiro atoms. The van der Waals surface area contributed by atoms with Gasteiger partial charge in [-0.1, -0.05) is 23.7 Å². The van der Waals surface area contributed by atoms with E-state index in [0.717, 1.165) is 22.6 Å². The summed E-state index contributed by atoms with van der Waals surface area (Å²) in [4.78, 5) is 0. The minimum absolute atomic E-state index is 0.138. The van der Waals surface area contributed by atoms with Gasteiger partial charge in [0, 0.05) is 18.7 Å². The minimum Gasteiger partial charge on any atom is -0.491 e. The van der Waals surface area contributed by atoms with Gasteiger partial charge in [0.2, 0.25) is 0 Å². The Bertz CT molecular complexity index is 622. The SMILES string of the molecule is Cc1nn(C)c(Cl)c1CC(N)c1cccc(OC(C)C)c1. The van der Waals surface area contributed by atoms with Gasteiger partial charge in [0.1, 0.15) is 10.9 Å². The van der Waals surface area contributed by atoms with Gasteiger partial charge in [0.25, 0.3) is 0 Å². The summed E-state index contributed by atoms with van der Waals surface area (Å²) in [5, 5.41) is 4.97. The smallest absolute Gasteiger partial charge is 0.130 e. The van der Waals surface area contributed by atoms with Crippen molar-refractivity contribution in [3.8, 4) is 5.75 Å². The van der Waals surface area contributed by atoms with E-state index in [4.69, 9.17) is 22.1 Å². The molecule has 1 heterocycles. The van der Waals surface area contributed by atoms with Crippen LogP contribution in [-0.2, 0) is 13.5 Å². The molecular weight excluding hydrogens is 286 g/mol. The normalized spacial score (nSPS) is 12.7. The van der Waals surface area contributed by atoms with Gasteiger partial charge in [-0.2, -0.15) is 5.10 Å². The number of rotatable bonds is 5. The van der Waals surface area contributed by atoms with Crippen molar-refractivity contribution in [1.82, 2.24) is 9.78 Å². The Morgan fingerprint density at radius 1 is 1.38 bits per heavy atom. The third-order valence-electron chi connectivity index (χ3n) is 3.35. The van der Waals surface area contributed by atoms with Crippen molar-refractivity contribution in [1.29, 1.82) is 0 Å². The van der Waals surface area contributed by atoms with Gasteiger partial charge in [0.15, 0.2) is 0 Å². The summed E-state index contributed by atoms with van der Waals surface area (Å²) in [5.41, 5.74) is 9.28. The summed E-state index contributed by atoms with van der Waals surface area (Å²) in [6, 6.07) is 7.77. The van der Waals surface area contributed by atoms with E-state index in [9.17, 15) is 0 Å². The van der Waals surface area contributed by atoms with Crippen molar-refractivity contribution in [2.75, 3.05) is 0 Å². The molecule has 0 amide bonds. The Balaban J connectivity index is 2.18. The molecule has 4 nitrogen and oxygen atoms in total. The maximum atomic E-state index is 6.32. The summed E-state index contributed by atoms with van der Waals surface area (Å²) in [6.45, 7) is 5.96. The number of ether oxygens (including phenoxy) is 1. The molecule has 2 N–H and O–H groups in total. The molecule has 1 atom stereocenters. The monoisotopic (exact) mass is 307 g/mol. The predicted octanol–water partition coefficient (Wildman–Crippen LogP) is 3.41. The molecule has 0 saturated heterocycles. The molecule has 5 heteroatoms. The minimum atomic E-state index is -0.138. The molecule has 0 aliphatic carbocycles. The van der Waals surface area contributed by atoms with Crippen LogP contribution in [0.4, 0.5) is 0 Å². The summed E-state index contributed by atoms with van der Waals surface area (Å²) in [7, 11) is 1.83. The Morgan fingerprint density at radius 3 is 2.67 bits per heavy atom. The van der Waals surface area contributed by atoms with Crippen molar-refractivity contribution in [3.05, 3.63) is 46.2 Å². The zero-order chi connectivity index (χ0) is 15.6. The second kappa shape index (κ2) is 6.50. The van der Waals surface area contributed by atoms with Crippen LogP contribution in [0.5, 0.6) is 5.75 Å². The first-order valence-electron chi connectivity index (χ1n) is 7.08. The maximum absolute atomic E-state index is 6.32. The molecule has 0 bridgehead atoms. The standard InChI is InChI=1S/C16H22ClN3O/c1-10(2)21-13-7-5-6-12(8-13)15(18)9-14-11(3)19-20(4)16(14)17/h5-8,10,15H,9,18H2,1-4H3. The second-order valence-corrected chi connectivity index (χ2v) is 5.89. The van der Waals surface area contributed by atoms with Crippen LogP contribution in [-0.4, -0.2) is 15.9 Å². The number of nitrogens with two attached hydrogens (primary N) is 1. The van der Waals surface area contributed by atoms with Crippen molar-refractivity contribution in [3.63, 3.8) is 0 Å². The topological polar surface area (TPSA) is 53.1 Å². The fourth-order valence-electron chi connectivity index (χ4n) is 2.33. The molecule has 1 unspecified atom stereocenters. The largest absolute Gasteiger partial charge is 0.491 e. The average Bonchev–Trinajstić information content (AvgIpc) is 2.65. The number of hydrogen-bond acceptors (Lipinski definition) is 3. The van der Waals surface area contributed by atoms with Gasteiger partial charge in [-0.3, -0.25) is 4.68 Å². The van der Waals surface area contributed by atoms with Crippen LogP contribution in [0, 0.1) is 6.92 Å². The molecule has 2 rings (SSSR count). The van der Waals surface area contributed by atoms with Crippen LogP contribution in [0.25, 0.3) is 0 Å². The summed E-state index contributed by atoms with van der Waals surface area (Å²) in [5.74, 6) is 0.840. The van der Waals surface area contributed by atoms with E-state index in [1.54, 1.807) is 4.68 Å². The zero-order valence-corrected chi connectivity index (χ0v) is 13.7. The van der Waals surface area contributed by atoms with E-state index in [1.165, 1.54) is 0 Å². The van der Waals surface area contributed by atoms with Crippen LogP contribution in [0.3, 0.4) is 0 Å². The lowest BCUT2D eigenvalue weighted by Crippen LogP contribution is -2.14. The first-order chi connectivity index (χ1) is 9.88. The first-order valence-corrected chi connectivity index (χ1v) is 7.46. The highest BCUT2D eigenvalue weighted by atomic mass is 35.5. The van der Waals surface area contributed by atoms with Crippen LogP contribution in [0.1, 0.15) is 36.7 Å². The fourth-order valence-corrected chi connectivity index (χ4v) is 2.59. The molecule has 0 fully saturated rings. The van der Waals surface area contributed by atoms with Crippen molar-refractivity contribution >= 4 is 11.6 Å². The fraction of sp³-hybridized carbons (Fsp3) is 0.438. The molecule has 0 aliphatic rings. The van der Waals surface area contributed by atoms with E-state index in [1.807, 2.05) is 52.1 Å². The Morgan fingerprint density at radius 2 is 2.10 bits per heavy atom. The van der Waals surface area contributed by atoms with Gasteiger partial charge in [-0.25, -0.2) is 0 Å². The number of aromatic nitrogens is 2. The summed E-state index contributed by atoms with van der Waals surface area (Å²) >= 11 is 6.27. The lowest BCUT2D eigenvalue weighted by Gasteiger charge is -2.15. The second-order valence-electron chi connectivity index (χ2n) is 5.53. The van der Waals surface area contributed by atoms with Crippen LogP contribution < -0.4 is 10.5 Å². The average molecular weight is 308 g/mol. The van der Waals surface area contributed by atoms with E-state index < -0.39 is 0 Å². The van der Waals surface area contributed by atoms with Gasteiger partial charge < -0.3 is 10.5 Å². The molecule has 114 valence electrons. The molecule has 0 radical (unpaired) electrons. The van der Waals surface area contributed by atoms with Gasteiger partial charge in [0.05, 0.1) is 11.8 Å². The maximum Gasteiger partial charge on any atom is 0.130 e. The Hall–Kier alpha value is -1.52. The van der Waals surface area contributed by atoms with Crippen molar-refractivity contribution in [2.24, 2.45) is 12.8 Å². The third-order valence-corrected chi connectivity index (χ3v) is 3.82. The summed E-state index contributed by atoms with van der Waals surface area (Å²) < 4.78 is 7.39. The quantitative estimate of drug-likeness (QED) is 0.921. The van der Waals surface area contributed by atoms with E-state index in [-0.39, 0.29) is 12.1 Å². The number of halogens is 1. The van der Waals surface area contributed by atoms with Crippen LogP contribution in [0.15, 0.2) is 24.3 Å². The third kappa shape index (κ3) is 3.77. The highest BCUT2D eigenvalue weighted by molar-refractivity contribution is 6.30. The highest BCUT2D eigenvalue weighted by Crippen LogP contribution is 2.26. The Labute approximate surface area is 130 Å². The number of nitrogens with zero attached hydrogens (tertiary/aromatic N) is 2. The predicted molar refractivity (Wildman–Crippen MR) is 85.8 cm³/mol. The van der Waals surface area contributed by atoms with E-state index >= 15 is 0 Å². The number of hydrogen-bond donors (Lipinski definition) is 1. The van der Waals surface area contributed by atoms with Crippen LogP contribution >= 0.6 is 11.6 Å². The lowest BCUT2D eigenvalue weighted by atomic mass is 10.00. The lowest BCUT2D eigenvalue weighted by molar-refractivity contribution is 0.242. The van der Waals surface area contributed by atoms with E-state index in [2.05, 4.69) is 5.10 Å². The number of benzene rings is 1. The first kappa shape index (κ1) is 15.9.